The molecule has 0 atom stereocenters. The average Bonchev–Trinajstić information content (AvgIpc) is 2.70. The number of rotatable bonds is 5. The Morgan fingerprint density at radius 3 is 2.60 bits per heavy atom. The Bertz CT molecular complexity index is 623. The Kier molecular flexibility index (Phi) is 4.70. The van der Waals surface area contributed by atoms with Gasteiger partial charge in [-0.1, -0.05) is 11.6 Å². The third kappa shape index (κ3) is 3.34. The van der Waals surface area contributed by atoms with Gasteiger partial charge in [-0.25, -0.2) is 0 Å². The van der Waals surface area contributed by atoms with Crippen molar-refractivity contribution in [3.63, 3.8) is 0 Å². The first-order chi connectivity index (χ1) is 9.61. The number of aryl methyl sites for hydroxylation is 2. The molecule has 0 unspecified atom stereocenters. The minimum absolute atomic E-state index is 0.614. The van der Waals surface area contributed by atoms with Crippen LogP contribution in [-0.2, 0) is 6.54 Å². The van der Waals surface area contributed by atoms with Gasteiger partial charge in [-0.3, -0.25) is 0 Å². The van der Waals surface area contributed by atoms with E-state index in [0.29, 0.717) is 11.6 Å². The number of hydrogen-bond acceptors (Lipinski definition) is 2. The number of nitrogens with zero attached hydrogens (tertiary/aromatic N) is 2. The van der Waals surface area contributed by atoms with Crippen LogP contribution in [0, 0.1) is 25.2 Å². The highest BCUT2D eigenvalue weighted by atomic mass is 35.5. The highest BCUT2D eigenvalue weighted by Gasteiger charge is 2.08. The van der Waals surface area contributed by atoms with Crippen LogP contribution in [0.4, 0.5) is 0 Å². The summed E-state index contributed by atoms with van der Waals surface area (Å²) < 4.78 is 7.69. The molecule has 1 aromatic heterocycles. The second-order valence-electron chi connectivity index (χ2n) is 4.74. The molecule has 0 aliphatic heterocycles. The van der Waals surface area contributed by atoms with Crippen LogP contribution in [0.5, 0.6) is 5.75 Å². The molecule has 0 fully saturated rings. The van der Waals surface area contributed by atoms with Crippen LogP contribution >= 0.6 is 11.6 Å². The maximum Gasteiger partial charge on any atom is 0.123 e. The topological polar surface area (TPSA) is 38.0 Å². The number of nitriles is 1. The van der Waals surface area contributed by atoms with E-state index in [2.05, 4.69) is 6.07 Å². The van der Waals surface area contributed by atoms with Crippen molar-refractivity contribution < 1.29 is 4.74 Å². The van der Waals surface area contributed by atoms with Crippen LogP contribution < -0.4 is 4.74 Å². The van der Waals surface area contributed by atoms with Gasteiger partial charge in [0.25, 0.3) is 0 Å². The highest BCUT2D eigenvalue weighted by molar-refractivity contribution is 6.30. The van der Waals surface area contributed by atoms with Gasteiger partial charge in [-0.15, -0.1) is 0 Å². The summed E-state index contributed by atoms with van der Waals surface area (Å²) in [5, 5.41) is 9.86. The van der Waals surface area contributed by atoms with Crippen molar-refractivity contribution in [1.82, 2.24) is 4.57 Å². The monoisotopic (exact) mass is 288 g/mol. The second-order valence-corrected chi connectivity index (χ2v) is 5.17. The number of ether oxygens (including phenoxy) is 1. The van der Waals surface area contributed by atoms with E-state index in [0.717, 1.165) is 35.7 Å². The zero-order chi connectivity index (χ0) is 14.5. The third-order valence-corrected chi connectivity index (χ3v) is 3.46. The first-order valence-corrected chi connectivity index (χ1v) is 6.95. The van der Waals surface area contributed by atoms with E-state index in [9.17, 15) is 0 Å². The van der Waals surface area contributed by atoms with E-state index in [1.807, 2.05) is 48.7 Å². The maximum absolute atomic E-state index is 9.16. The normalized spacial score (nSPS) is 10.3. The van der Waals surface area contributed by atoms with Crippen molar-refractivity contribution in [2.75, 3.05) is 6.61 Å². The summed E-state index contributed by atoms with van der Waals surface area (Å²) in [7, 11) is 0. The number of hydrogen-bond donors (Lipinski definition) is 0. The fourth-order valence-corrected chi connectivity index (χ4v) is 2.36. The standard InChI is InChI=1S/C16H17ClN2O/c1-12-10-13(2)19(16(12)11-18)8-3-9-20-15-6-4-14(17)5-7-15/h4-7,10H,3,8-9H2,1-2H3. The minimum atomic E-state index is 0.614. The largest absolute Gasteiger partial charge is 0.494 e. The molecule has 104 valence electrons. The van der Waals surface area contributed by atoms with Gasteiger partial charge in [-0.05, 0) is 56.2 Å². The molecule has 20 heavy (non-hydrogen) atoms. The van der Waals surface area contributed by atoms with Crippen LogP contribution in [0.25, 0.3) is 0 Å². The van der Waals surface area contributed by atoms with E-state index in [1.54, 1.807) is 0 Å². The Morgan fingerprint density at radius 1 is 1.25 bits per heavy atom. The molecule has 2 aromatic rings. The van der Waals surface area contributed by atoms with Crippen LogP contribution in [0.1, 0.15) is 23.4 Å². The molecule has 1 heterocycles. The smallest absolute Gasteiger partial charge is 0.123 e. The summed E-state index contributed by atoms with van der Waals surface area (Å²) in [6.45, 7) is 5.39. The van der Waals surface area contributed by atoms with Gasteiger partial charge < -0.3 is 9.30 Å². The Morgan fingerprint density at radius 2 is 1.95 bits per heavy atom. The maximum atomic E-state index is 9.16. The predicted molar refractivity (Wildman–Crippen MR) is 80.2 cm³/mol. The summed E-state index contributed by atoms with van der Waals surface area (Å²) in [5.41, 5.74) is 2.89. The van der Waals surface area contributed by atoms with Gasteiger partial charge in [-0.2, -0.15) is 5.26 Å². The molecule has 0 N–H and O–H groups in total. The summed E-state index contributed by atoms with van der Waals surface area (Å²) in [6, 6.07) is 11.6. The number of halogens is 1. The summed E-state index contributed by atoms with van der Waals surface area (Å²) in [6.07, 6.45) is 0.853. The zero-order valence-electron chi connectivity index (χ0n) is 11.7. The van der Waals surface area contributed by atoms with Crippen LogP contribution in [-0.4, -0.2) is 11.2 Å². The number of aromatic nitrogens is 1. The molecule has 0 aliphatic carbocycles. The molecule has 0 aliphatic rings. The first kappa shape index (κ1) is 14.5. The Balaban J connectivity index is 1.88. The number of benzene rings is 1. The second kappa shape index (κ2) is 6.49. The van der Waals surface area contributed by atoms with Crippen molar-refractivity contribution in [2.24, 2.45) is 0 Å². The lowest BCUT2D eigenvalue weighted by atomic mass is 10.3. The fourth-order valence-electron chi connectivity index (χ4n) is 2.23. The van der Waals surface area contributed by atoms with Crippen molar-refractivity contribution in [3.8, 4) is 11.8 Å². The lowest BCUT2D eigenvalue weighted by molar-refractivity contribution is 0.301. The summed E-state index contributed by atoms with van der Waals surface area (Å²) in [4.78, 5) is 0. The van der Waals surface area contributed by atoms with Gasteiger partial charge in [0.15, 0.2) is 0 Å². The van der Waals surface area contributed by atoms with Gasteiger partial charge in [0.05, 0.1) is 6.61 Å². The fraction of sp³-hybridized carbons (Fsp3) is 0.312. The lowest BCUT2D eigenvalue weighted by Gasteiger charge is -2.09. The van der Waals surface area contributed by atoms with E-state index in [4.69, 9.17) is 21.6 Å². The SMILES string of the molecule is Cc1cc(C)n(CCCOc2ccc(Cl)cc2)c1C#N. The zero-order valence-corrected chi connectivity index (χ0v) is 12.4. The first-order valence-electron chi connectivity index (χ1n) is 6.57. The van der Waals surface area contributed by atoms with Crippen LogP contribution in [0.15, 0.2) is 30.3 Å². The predicted octanol–water partition coefficient (Wildman–Crippen LogP) is 4.10. The molecule has 0 spiro atoms. The molecule has 3 nitrogen and oxygen atoms in total. The Labute approximate surface area is 124 Å². The molecule has 1 aromatic carbocycles. The third-order valence-electron chi connectivity index (χ3n) is 3.21. The molecular weight excluding hydrogens is 272 g/mol. The van der Waals surface area contributed by atoms with E-state index in [1.165, 1.54) is 0 Å². The molecule has 0 saturated carbocycles. The van der Waals surface area contributed by atoms with Crippen molar-refractivity contribution >= 4 is 11.6 Å². The molecular formula is C16H17ClN2O. The van der Waals surface area contributed by atoms with E-state index in [-0.39, 0.29) is 0 Å². The molecule has 0 bridgehead atoms. The van der Waals surface area contributed by atoms with Crippen LogP contribution in [0.2, 0.25) is 5.02 Å². The minimum Gasteiger partial charge on any atom is -0.494 e. The Hall–Kier alpha value is -1.92. The van der Waals surface area contributed by atoms with Crippen molar-refractivity contribution in [3.05, 3.63) is 52.3 Å². The summed E-state index contributed by atoms with van der Waals surface area (Å²) >= 11 is 5.82. The summed E-state index contributed by atoms with van der Waals surface area (Å²) in [5.74, 6) is 0.815. The van der Waals surface area contributed by atoms with Gasteiger partial charge >= 0.3 is 0 Å². The van der Waals surface area contributed by atoms with Crippen molar-refractivity contribution in [1.29, 1.82) is 5.26 Å². The van der Waals surface area contributed by atoms with Gasteiger partial charge in [0, 0.05) is 17.3 Å². The molecule has 0 amide bonds. The molecule has 0 radical (unpaired) electrons. The average molecular weight is 289 g/mol. The van der Waals surface area contributed by atoms with Gasteiger partial charge in [0.1, 0.15) is 17.5 Å². The molecule has 2 rings (SSSR count). The molecule has 4 heteroatoms. The van der Waals surface area contributed by atoms with Crippen molar-refractivity contribution in [2.45, 2.75) is 26.8 Å². The lowest BCUT2D eigenvalue weighted by Crippen LogP contribution is -2.07. The van der Waals surface area contributed by atoms with Gasteiger partial charge in [0.2, 0.25) is 0 Å². The quantitative estimate of drug-likeness (QED) is 0.777. The highest BCUT2D eigenvalue weighted by Crippen LogP contribution is 2.17. The molecule has 0 saturated heterocycles. The van der Waals surface area contributed by atoms with E-state index >= 15 is 0 Å². The van der Waals surface area contributed by atoms with Crippen LogP contribution in [0.3, 0.4) is 0 Å². The van der Waals surface area contributed by atoms with E-state index < -0.39 is 0 Å².